The maximum atomic E-state index is 11.8. The van der Waals surface area contributed by atoms with E-state index in [0.29, 0.717) is 5.82 Å². The summed E-state index contributed by atoms with van der Waals surface area (Å²) in [6.07, 6.45) is 7.74. The highest BCUT2D eigenvalue weighted by Crippen LogP contribution is 2.59. The highest BCUT2D eigenvalue weighted by atomic mass is 16.5. The van der Waals surface area contributed by atoms with E-state index in [1.807, 2.05) is 6.92 Å². The molecule has 4 aliphatic carbocycles. The van der Waals surface area contributed by atoms with Crippen LogP contribution in [0.1, 0.15) is 54.8 Å². The zero-order valence-electron chi connectivity index (χ0n) is 12.8. The topological polar surface area (TPSA) is 70.1 Å². The fourth-order valence-corrected chi connectivity index (χ4v) is 5.73. The molecule has 0 amide bonds. The van der Waals surface area contributed by atoms with E-state index in [1.165, 1.54) is 45.6 Å². The number of aryl methyl sites for hydroxylation is 1. The van der Waals surface area contributed by atoms with Crippen LogP contribution < -0.4 is 5.73 Å². The summed E-state index contributed by atoms with van der Waals surface area (Å²) >= 11 is 0. The number of rotatable bonds is 2. The Kier molecular flexibility index (Phi) is 2.66. The molecule has 5 rings (SSSR count). The number of esters is 1. The maximum Gasteiger partial charge on any atom is 0.360 e. The van der Waals surface area contributed by atoms with E-state index in [1.54, 1.807) is 0 Å². The zero-order chi connectivity index (χ0) is 14.8. The number of nitrogen functional groups attached to an aromatic ring is 1. The molecule has 0 saturated heterocycles. The van der Waals surface area contributed by atoms with Crippen molar-refractivity contribution in [3.63, 3.8) is 0 Å². The maximum absolute atomic E-state index is 11.8. The first kappa shape index (κ1) is 13.2. The summed E-state index contributed by atoms with van der Waals surface area (Å²) < 4.78 is 6.98. The molecule has 1 aromatic rings. The number of methoxy groups -OCH3 is 1. The minimum absolute atomic E-state index is 0.0994. The fraction of sp³-hybridized carbons (Fsp3) is 0.750. The Labute approximate surface area is 124 Å². The number of ether oxygens (including phenoxy) is 1. The molecule has 5 nitrogen and oxygen atoms in total. The van der Waals surface area contributed by atoms with E-state index in [4.69, 9.17) is 10.5 Å². The van der Waals surface area contributed by atoms with Gasteiger partial charge in [0.2, 0.25) is 0 Å². The summed E-state index contributed by atoms with van der Waals surface area (Å²) in [5.41, 5.74) is 6.68. The lowest BCUT2D eigenvalue weighted by molar-refractivity contribution is -0.0429. The molecule has 0 radical (unpaired) electrons. The quantitative estimate of drug-likeness (QED) is 0.849. The van der Waals surface area contributed by atoms with Gasteiger partial charge in [-0.05, 0) is 63.2 Å². The summed E-state index contributed by atoms with van der Waals surface area (Å²) in [5.74, 6) is 3.42. The molecule has 0 unspecified atom stereocenters. The Hall–Kier alpha value is -1.52. The Morgan fingerprint density at radius 2 is 1.76 bits per heavy atom. The lowest BCUT2D eigenvalue weighted by Crippen LogP contribution is -2.52. The molecule has 4 bridgehead atoms. The van der Waals surface area contributed by atoms with Gasteiger partial charge in [-0.25, -0.2) is 9.78 Å². The van der Waals surface area contributed by atoms with Crippen LogP contribution in [0.4, 0.5) is 5.82 Å². The van der Waals surface area contributed by atoms with Gasteiger partial charge in [0.05, 0.1) is 7.11 Å². The summed E-state index contributed by atoms with van der Waals surface area (Å²) in [6, 6.07) is 0. The highest BCUT2D eigenvalue weighted by Gasteiger charge is 2.53. The van der Waals surface area contributed by atoms with Crippen LogP contribution in [0.2, 0.25) is 0 Å². The predicted octanol–water partition coefficient (Wildman–Crippen LogP) is 2.49. The number of anilines is 1. The molecule has 0 aliphatic heterocycles. The summed E-state index contributed by atoms with van der Waals surface area (Å²) in [6.45, 7) is 1.96. The number of carbonyl (C=O) groups excluding carboxylic acids is 1. The third-order valence-electron chi connectivity index (χ3n) is 5.94. The Morgan fingerprint density at radius 1 is 1.24 bits per heavy atom. The molecule has 0 aromatic carbocycles. The van der Waals surface area contributed by atoms with E-state index in [-0.39, 0.29) is 11.2 Å². The van der Waals surface area contributed by atoms with Crippen molar-refractivity contribution < 1.29 is 9.53 Å². The first-order valence-electron chi connectivity index (χ1n) is 7.96. The van der Waals surface area contributed by atoms with Crippen LogP contribution in [0.25, 0.3) is 0 Å². The van der Waals surface area contributed by atoms with Gasteiger partial charge in [0.15, 0.2) is 5.69 Å². The van der Waals surface area contributed by atoms with E-state index < -0.39 is 5.97 Å². The van der Waals surface area contributed by atoms with Crippen LogP contribution in [0.5, 0.6) is 0 Å². The molecule has 0 spiro atoms. The Balaban J connectivity index is 1.80. The molecular formula is C16H23N3O2. The average molecular weight is 289 g/mol. The smallest absolute Gasteiger partial charge is 0.360 e. The normalized spacial score (nSPS) is 37.0. The van der Waals surface area contributed by atoms with Crippen molar-refractivity contribution in [2.75, 3.05) is 12.8 Å². The first-order chi connectivity index (χ1) is 10.0. The fourth-order valence-electron chi connectivity index (χ4n) is 5.73. The van der Waals surface area contributed by atoms with Crippen molar-refractivity contribution in [3.8, 4) is 0 Å². The van der Waals surface area contributed by atoms with Crippen LogP contribution in [0.15, 0.2) is 0 Å². The van der Waals surface area contributed by atoms with Gasteiger partial charge in [-0.15, -0.1) is 0 Å². The van der Waals surface area contributed by atoms with E-state index in [2.05, 4.69) is 9.55 Å². The molecule has 4 saturated carbocycles. The Morgan fingerprint density at radius 3 is 2.24 bits per heavy atom. The molecule has 0 atom stereocenters. The summed E-state index contributed by atoms with van der Waals surface area (Å²) in [4.78, 5) is 16.3. The van der Waals surface area contributed by atoms with E-state index >= 15 is 0 Å². The molecule has 2 N–H and O–H groups in total. The number of hydrogen-bond acceptors (Lipinski definition) is 4. The standard InChI is InChI=1S/C16H23N3O2/c1-9-18-13(15(20)21-2)14(17)19(9)16-6-10-3-11(7-16)5-12(4-10)8-16/h10-12H,3-8,17H2,1-2H3. The van der Waals surface area contributed by atoms with Gasteiger partial charge in [-0.3, -0.25) is 0 Å². The number of nitrogens with two attached hydrogens (primary N) is 1. The lowest BCUT2D eigenvalue weighted by atomic mass is 9.53. The minimum atomic E-state index is -0.431. The third-order valence-corrected chi connectivity index (χ3v) is 5.94. The molecular weight excluding hydrogens is 266 g/mol. The van der Waals surface area contributed by atoms with Crippen LogP contribution in [0, 0.1) is 24.7 Å². The van der Waals surface area contributed by atoms with Crippen molar-refractivity contribution in [2.45, 2.75) is 51.0 Å². The van der Waals surface area contributed by atoms with Crippen molar-refractivity contribution in [3.05, 3.63) is 11.5 Å². The average Bonchev–Trinajstić information content (AvgIpc) is 2.72. The highest BCUT2D eigenvalue weighted by molar-refractivity contribution is 5.92. The van der Waals surface area contributed by atoms with Crippen molar-refractivity contribution in [1.82, 2.24) is 9.55 Å². The molecule has 4 fully saturated rings. The largest absolute Gasteiger partial charge is 0.464 e. The number of imidazole rings is 1. The number of hydrogen-bond donors (Lipinski definition) is 1. The van der Waals surface area contributed by atoms with Crippen molar-refractivity contribution >= 4 is 11.8 Å². The van der Waals surface area contributed by atoms with Crippen molar-refractivity contribution in [2.24, 2.45) is 17.8 Å². The van der Waals surface area contributed by atoms with Gasteiger partial charge in [0, 0.05) is 5.54 Å². The number of nitrogens with zero attached hydrogens (tertiary/aromatic N) is 2. The lowest BCUT2D eigenvalue weighted by Gasteiger charge is -2.57. The summed E-state index contributed by atoms with van der Waals surface area (Å²) in [5, 5.41) is 0. The minimum Gasteiger partial charge on any atom is -0.464 e. The second kappa shape index (κ2) is 4.24. The van der Waals surface area contributed by atoms with Crippen LogP contribution in [-0.4, -0.2) is 22.6 Å². The van der Waals surface area contributed by atoms with Gasteiger partial charge in [-0.2, -0.15) is 0 Å². The van der Waals surface area contributed by atoms with Crippen molar-refractivity contribution in [1.29, 1.82) is 0 Å². The zero-order valence-corrected chi connectivity index (χ0v) is 12.8. The molecule has 1 heterocycles. The Bertz CT molecular complexity index is 570. The predicted molar refractivity (Wildman–Crippen MR) is 78.9 cm³/mol. The molecule has 21 heavy (non-hydrogen) atoms. The first-order valence-corrected chi connectivity index (χ1v) is 7.96. The van der Waals surface area contributed by atoms with Crippen LogP contribution >= 0.6 is 0 Å². The molecule has 114 valence electrons. The van der Waals surface area contributed by atoms with Gasteiger partial charge < -0.3 is 15.0 Å². The van der Waals surface area contributed by atoms with Gasteiger partial charge in [0.1, 0.15) is 11.6 Å². The number of aromatic nitrogens is 2. The van der Waals surface area contributed by atoms with Gasteiger partial charge >= 0.3 is 5.97 Å². The van der Waals surface area contributed by atoms with E-state index in [0.717, 1.165) is 23.6 Å². The van der Waals surface area contributed by atoms with Gasteiger partial charge in [-0.1, -0.05) is 0 Å². The van der Waals surface area contributed by atoms with E-state index in [9.17, 15) is 4.79 Å². The monoisotopic (exact) mass is 289 g/mol. The second-order valence-electron chi connectivity index (χ2n) is 7.36. The third kappa shape index (κ3) is 1.75. The molecule has 1 aromatic heterocycles. The van der Waals surface area contributed by atoms with Crippen LogP contribution in [-0.2, 0) is 10.3 Å². The van der Waals surface area contributed by atoms with Gasteiger partial charge in [0.25, 0.3) is 0 Å². The molecule has 4 aliphatic rings. The summed E-state index contributed by atoms with van der Waals surface area (Å²) in [7, 11) is 1.38. The second-order valence-corrected chi connectivity index (χ2v) is 7.36. The van der Waals surface area contributed by atoms with Crippen LogP contribution in [0.3, 0.4) is 0 Å². The SMILES string of the molecule is COC(=O)c1nc(C)n(C23CC4CC(CC(C4)C2)C3)c1N. The molecule has 5 heteroatoms. The number of carbonyl (C=O) groups is 1.